The maximum atomic E-state index is 8.21. The first-order valence-corrected chi connectivity index (χ1v) is 4.38. The quantitative estimate of drug-likeness (QED) is 0.459. The highest BCUT2D eigenvalue weighted by molar-refractivity contribution is 8.03. The Kier molecular flexibility index (Phi) is 5.46. The van der Waals surface area contributed by atoms with Crippen LogP contribution in [0.15, 0.2) is 0 Å². The lowest BCUT2D eigenvalue weighted by atomic mass is 10.3. The average molecular weight is 158 g/mol. The molecule has 0 bridgehead atoms. The second kappa shape index (κ2) is 5.57. The van der Waals surface area contributed by atoms with Crippen molar-refractivity contribution in [2.75, 3.05) is 19.3 Å². The number of hydrogen-bond donors (Lipinski definition) is 0. The van der Waals surface area contributed by atoms with Crippen LogP contribution in [-0.4, -0.2) is 30.3 Å². The van der Waals surface area contributed by atoms with Crippen LogP contribution in [0.3, 0.4) is 0 Å². The zero-order valence-electron chi connectivity index (χ0n) is 6.79. The first-order valence-electron chi connectivity index (χ1n) is 3.39. The van der Waals surface area contributed by atoms with Crippen molar-refractivity contribution in [2.45, 2.75) is 19.9 Å². The summed E-state index contributed by atoms with van der Waals surface area (Å²) in [5.41, 5.74) is 0. The molecule has 58 valence electrons. The summed E-state index contributed by atoms with van der Waals surface area (Å²) in [6.07, 6.45) is 0. The van der Waals surface area contributed by atoms with Crippen LogP contribution in [0.5, 0.6) is 0 Å². The molecule has 0 heterocycles. The second-order valence-corrected chi connectivity index (χ2v) is 3.39. The smallest absolute Gasteiger partial charge is 0.133 e. The Balaban J connectivity index is 3.23. The van der Waals surface area contributed by atoms with Crippen molar-refractivity contribution in [3.63, 3.8) is 0 Å². The predicted octanol–water partition coefficient (Wildman–Crippen LogP) is 1.54. The van der Waals surface area contributed by atoms with E-state index < -0.39 is 0 Å². The highest BCUT2D eigenvalue weighted by atomic mass is 32.2. The van der Waals surface area contributed by atoms with E-state index in [1.54, 1.807) is 0 Å². The van der Waals surface area contributed by atoms with Crippen molar-refractivity contribution in [1.82, 2.24) is 4.90 Å². The number of rotatable bonds is 4. The van der Waals surface area contributed by atoms with Crippen LogP contribution in [0.2, 0.25) is 0 Å². The Morgan fingerprint density at radius 1 is 1.60 bits per heavy atom. The summed E-state index contributed by atoms with van der Waals surface area (Å²) in [4.78, 5) is 2.23. The third kappa shape index (κ3) is 4.66. The largest absolute Gasteiger partial charge is 0.303 e. The molecule has 0 saturated carbocycles. The molecule has 0 fully saturated rings. The number of hydrogen-bond acceptors (Lipinski definition) is 3. The van der Waals surface area contributed by atoms with Crippen LogP contribution in [0.1, 0.15) is 13.8 Å². The SMILES string of the molecule is CC(C)N(C)CCSC#N. The van der Waals surface area contributed by atoms with Gasteiger partial charge in [0.2, 0.25) is 0 Å². The van der Waals surface area contributed by atoms with E-state index in [2.05, 4.69) is 31.2 Å². The Morgan fingerprint density at radius 2 is 2.20 bits per heavy atom. The minimum absolute atomic E-state index is 0.583. The maximum Gasteiger partial charge on any atom is 0.133 e. The fourth-order valence-electron chi connectivity index (χ4n) is 0.493. The molecular formula is C7H14N2S. The number of nitrogens with zero attached hydrogens (tertiary/aromatic N) is 2. The van der Waals surface area contributed by atoms with Gasteiger partial charge in [0.15, 0.2) is 0 Å². The van der Waals surface area contributed by atoms with E-state index in [1.807, 2.05) is 0 Å². The second-order valence-electron chi connectivity index (χ2n) is 2.51. The molecule has 0 rings (SSSR count). The highest BCUT2D eigenvalue weighted by Crippen LogP contribution is 1.99. The molecule has 0 radical (unpaired) electrons. The molecule has 0 N–H and O–H groups in total. The van der Waals surface area contributed by atoms with Gasteiger partial charge >= 0.3 is 0 Å². The molecule has 0 aromatic carbocycles. The zero-order valence-corrected chi connectivity index (χ0v) is 7.61. The van der Waals surface area contributed by atoms with E-state index in [1.165, 1.54) is 11.8 Å². The minimum Gasteiger partial charge on any atom is -0.303 e. The molecule has 0 aliphatic rings. The summed E-state index contributed by atoms with van der Waals surface area (Å²) in [5.74, 6) is 0.908. The fourth-order valence-corrected chi connectivity index (χ4v) is 0.964. The van der Waals surface area contributed by atoms with Gasteiger partial charge in [-0.2, -0.15) is 5.26 Å². The van der Waals surface area contributed by atoms with Crippen molar-refractivity contribution >= 4 is 11.8 Å². The monoisotopic (exact) mass is 158 g/mol. The maximum absolute atomic E-state index is 8.21. The third-order valence-corrected chi connectivity index (χ3v) is 2.01. The van der Waals surface area contributed by atoms with E-state index in [9.17, 15) is 0 Å². The summed E-state index contributed by atoms with van der Waals surface area (Å²) in [6, 6.07) is 0.583. The topological polar surface area (TPSA) is 27.0 Å². The Hall–Kier alpha value is -0.200. The molecule has 0 aromatic heterocycles. The van der Waals surface area contributed by atoms with Gasteiger partial charge in [0, 0.05) is 18.3 Å². The lowest BCUT2D eigenvalue weighted by molar-refractivity contribution is 0.291. The number of thioether (sulfide) groups is 1. The van der Waals surface area contributed by atoms with E-state index in [0.717, 1.165) is 12.3 Å². The van der Waals surface area contributed by atoms with Crippen LogP contribution in [-0.2, 0) is 0 Å². The van der Waals surface area contributed by atoms with Gasteiger partial charge in [0.05, 0.1) is 0 Å². The minimum atomic E-state index is 0.583. The molecule has 2 nitrogen and oxygen atoms in total. The summed E-state index contributed by atoms with van der Waals surface area (Å²) in [6.45, 7) is 5.30. The lowest BCUT2D eigenvalue weighted by Gasteiger charge is -2.19. The molecule has 0 unspecified atom stereocenters. The standard InChI is InChI=1S/C7H14N2S/c1-7(2)9(3)4-5-10-6-8/h7H,4-5H2,1-3H3. The number of nitriles is 1. The van der Waals surface area contributed by atoms with Crippen LogP contribution in [0.25, 0.3) is 0 Å². The van der Waals surface area contributed by atoms with Crippen molar-refractivity contribution in [3.05, 3.63) is 0 Å². The van der Waals surface area contributed by atoms with Gasteiger partial charge in [-0.1, -0.05) is 0 Å². The van der Waals surface area contributed by atoms with Gasteiger partial charge in [0.25, 0.3) is 0 Å². The van der Waals surface area contributed by atoms with Gasteiger partial charge in [0.1, 0.15) is 5.40 Å². The average Bonchev–Trinajstić information content (AvgIpc) is 1.88. The zero-order chi connectivity index (χ0) is 7.98. The first kappa shape index (κ1) is 9.80. The van der Waals surface area contributed by atoms with E-state index in [4.69, 9.17) is 5.26 Å². The predicted molar refractivity (Wildman–Crippen MR) is 45.8 cm³/mol. The molecule has 0 spiro atoms. The molecule has 0 aliphatic carbocycles. The molecule has 0 saturated heterocycles. The lowest BCUT2D eigenvalue weighted by Crippen LogP contribution is -2.28. The van der Waals surface area contributed by atoms with Crippen molar-refractivity contribution in [2.24, 2.45) is 0 Å². The molecule has 0 aliphatic heterocycles. The summed E-state index contributed by atoms with van der Waals surface area (Å²) >= 11 is 1.32. The first-order chi connectivity index (χ1) is 4.68. The normalized spacial score (nSPS) is 10.4. The molecule has 0 amide bonds. The van der Waals surface area contributed by atoms with Crippen molar-refractivity contribution in [3.8, 4) is 5.40 Å². The van der Waals surface area contributed by atoms with Gasteiger partial charge in [-0.25, -0.2) is 0 Å². The summed E-state index contributed by atoms with van der Waals surface area (Å²) < 4.78 is 0. The molecular weight excluding hydrogens is 144 g/mol. The highest BCUT2D eigenvalue weighted by Gasteiger charge is 2.00. The molecule has 10 heavy (non-hydrogen) atoms. The van der Waals surface area contributed by atoms with Crippen LogP contribution >= 0.6 is 11.8 Å². The van der Waals surface area contributed by atoms with Gasteiger partial charge < -0.3 is 4.90 Å². The molecule has 0 atom stereocenters. The summed E-state index contributed by atoms with van der Waals surface area (Å²) in [7, 11) is 2.07. The Morgan fingerprint density at radius 3 is 2.60 bits per heavy atom. The van der Waals surface area contributed by atoms with Crippen molar-refractivity contribution in [1.29, 1.82) is 5.26 Å². The van der Waals surface area contributed by atoms with Gasteiger partial charge in [-0.05, 0) is 32.7 Å². The van der Waals surface area contributed by atoms with Crippen LogP contribution in [0, 0.1) is 10.7 Å². The Labute approximate surface area is 67.2 Å². The van der Waals surface area contributed by atoms with Crippen LogP contribution < -0.4 is 0 Å². The van der Waals surface area contributed by atoms with E-state index in [0.29, 0.717) is 6.04 Å². The molecule has 0 aromatic rings. The fraction of sp³-hybridized carbons (Fsp3) is 0.857. The molecule has 3 heteroatoms. The summed E-state index contributed by atoms with van der Waals surface area (Å²) in [5, 5.41) is 10.3. The van der Waals surface area contributed by atoms with E-state index >= 15 is 0 Å². The third-order valence-electron chi connectivity index (χ3n) is 1.49. The van der Waals surface area contributed by atoms with E-state index in [-0.39, 0.29) is 0 Å². The Bertz CT molecular complexity index is 117. The van der Waals surface area contributed by atoms with Crippen molar-refractivity contribution < 1.29 is 0 Å². The number of thiocyanates is 1. The van der Waals surface area contributed by atoms with Gasteiger partial charge in [-0.3, -0.25) is 0 Å². The van der Waals surface area contributed by atoms with Crippen LogP contribution in [0.4, 0.5) is 0 Å². The van der Waals surface area contributed by atoms with Gasteiger partial charge in [-0.15, -0.1) is 0 Å².